The molecule has 11 heteroatoms. The summed E-state index contributed by atoms with van der Waals surface area (Å²) in [5, 5.41) is 24.7. The molecule has 0 aromatic heterocycles. The molecular formula is C36H35N3O7S. The van der Waals surface area contributed by atoms with E-state index in [1.54, 1.807) is 41.3 Å². The third-order valence-electron chi connectivity index (χ3n) is 7.65. The summed E-state index contributed by atoms with van der Waals surface area (Å²) < 4.78 is 5.62. The van der Waals surface area contributed by atoms with Crippen LogP contribution in [0.4, 0.5) is 5.69 Å². The highest BCUT2D eigenvalue weighted by atomic mass is 32.2. The van der Waals surface area contributed by atoms with Crippen LogP contribution < -0.4 is 20.3 Å². The molecule has 4 atom stereocenters. The highest BCUT2D eigenvalue weighted by Gasteiger charge is 2.49. The minimum absolute atomic E-state index is 0.0396. The average molecular weight is 654 g/mol. The van der Waals surface area contributed by atoms with Crippen molar-refractivity contribution in [1.29, 1.82) is 0 Å². The second-order valence-electron chi connectivity index (χ2n) is 11.0. The van der Waals surface area contributed by atoms with Crippen molar-refractivity contribution >= 4 is 41.1 Å². The summed E-state index contributed by atoms with van der Waals surface area (Å²) in [5.41, 5.74) is 3.20. The first-order chi connectivity index (χ1) is 22.8. The van der Waals surface area contributed by atoms with E-state index in [9.17, 15) is 29.4 Å². The second kappa shape index (κ2) is 15.9. The van der Waals surface area contributed by atoms with E-state index in [-0.39, 0.29) is 25.0 Å². The van der Waals surface area contributed by atoms with Gasteiger partial charge in [0.2, 0.25) is 11.8 Å². The highest BCUT2D eigenvalue weighted by molar-refractivity contribution is 8.00. The Balaban J connectivity index is 1.14. The van der Waals surface area contributed by atoms with E-state index in [2.05, 4.69) is 10.6 Å². The Morgan fingerprint density at radius 2 is 1.45 bits per heavy atom. The van der Waals surface area contributed by atoms with Gasteiger partial charge in [0, 0.05) is 17.9 Å². The number of aliphatic hydroxyl groups is 1. The molecular weight excluding hydrogens is 618 g/mol. The lowest BCUT2D eigenvalue weighted by atomic mass is 9.92. The van der Waals surface area contributed by atoms with Gasteiger partial charge in [0.1, 0.15) is 17.0 Å². The van der Waals surface area contributed by atoms with Crippen molar-refractivity contribution < 1.29 is 34.1 Å². The molecule has 3 amide bonds. The number of amides is 3. The summed E-state index contributed by atoms with van der Waals surface area (Å²) in [6, 6.07) is 33.4. The van der Waals surface area contributed by atoms with Gasteiger partial charge in [-0.3, -0.25) is 14.4 Å². The third-order valence-corrected chi connectivity index (χ3v) is 8.98. The number of benzene rings is 4. The van der Waals surface area contributed by atoms with Crippen LogP contribution in [0.2, 0.25) is 0 Å². The maximum absolute atomic E-state index is 13.3. The maximum Gasteiger partial charge on any atom is 0.326 e. The van der Waals surface area contributed by atoms with Crippen molar-refractivity contribution in [2.75, 3.05) is 23.8 Å². The van der Waals surface area contributed by atoms with Crippen LogP contribution in [0.25, 0.3) is 0 Å². The quantitative estimate of drug-likeness (QED) is 0.141. The zero-order chi connectivity index (χ0) is 33.2. The number of carbonyl (C=O) groups excluding carboxylic acids is 3. The van der Waals surface area contributed by atoms with E-state index >= 15 is 0 Å². The molecule has 0 aliphatic carbocycles. The Morgan fingerprint density at radius 1 is 0.830 bits per heavy atom. The number of carboxylic acids is 1. The van der Waals surface area contributed by atoms with E-state index < -0.39 is 41.7 Å². The lowest BCUT2D eigenvalue weighted by Crippen LogP contribution is -2.57. The van der Waals surface area contributed by atoms with E-state index in [4.69, 9.17) is 4.74 Å². The van der Waals surface area contributed by atoms with Crippen LogP contribution in [-0.2, 0) is 25.6 Å². The molecule has 10 nitrogen and oxygen atoms in total. The zero-order valence-corrected chi connectivity index (χ0v) is 26.2. The Kier molecular flexibility index (Phi) is 11.3. The van der Waals surface area contributed by atoms with Gasteiger partial charge in [0.05, 0.1) is 18.7 Å². The Labute approximate surface area is 276 Å². The number of nitrogens with zero attached hydrogens (tertiary/aromatic N) is 1. The van der Waals surface area contributed by atoms with Crippen LogP contribution in [0.15, 0.2) is 115 Å². The van der Waals surface area contributed by atoms with Gasteiger partial charge in [-0.1, -0.05) is 91.0 Å². The summed E-state index contributed by atoms with van der Waals surface area (Å²) in [7, 11) is 0. The minimum atomic E-state index is -1.17. The van der Waals surface area contributed by atoms with Crippen molar-refractivity contribution in [3.8, 4) is 5.75 Å². The van der Waals surface area contributed by atoms with Gasteiger partial charge in [0.15, 0.2) is 6.61 Å². The van der Waals surface area contributed by atoms with E-state index in [1.807, 2.05) is 78.9 Å². The molecule has 0 spiro atoms. The Bertz CT molecular complexity index is 1660. The molecule has 0 bridgehead atoms. The SMILES string of the molecule is O=C(COc1ccc([C@@H]2[C@@H](SCC(O)c3ccccc3)C(=O)N2c2ccccc2)cc1)NCC(=O)N[C@H](Cc1ccccc1)C(=O)O. The predicted molar refractivity (Wildman–Crippen MR) is 179 cm³/mol. The molecule has 1 unspecified atom stereocenters. The molecule has 4 N–H and O–H groups in total. The number of rotatable bonds is 15. The second-order valence-corrected chi connectivity index (χ2v) is 12.1. The van der Waals surface area contributed by atoms with Gasteiger partial charge in [-0.2, -0.15) is 0 Å². The molecule has 242 valence electrons. The number of hydrogen-bond donors (Lipinski definition) is 4. The van der Waals surface area contributed by atoms with Crippen LogP contribution in [0, 0.1) is 0 Å². The number of anilines is 1. The van der Waals surface area contributed by atoms with Crippen LogP contribution in [-0.4, -0.2) is 64.1 Å². The fourth-order valence-corrected chi connectivity index (χ4v) is 6.53. The lowest BCUT2D eigenvalue weighted by Gasteiger charge is -2.47. The number of carbonyl (C=O) groups is 4. The van der Waals surface area contributed by atoms with Crippen molar-refractivity contribution in [1.82, 2.24) is 10.6 Å². The summed E-state index contributed by atoms with van der Waals surface area (Å²) in [5.74, 6) is -1.61. The molecule has 1 fully saturated rings. The van der Waals surface area contributed by atoms with Gasteiger partial charge in [-0.05, 0) is 41.0 Å². The molecule has 0 saturated carbocycles. The standard InChI is InChI=1S/C36H35N3O7S/c40-30(25-12-6-2-7-13-25)23-47-34-33(39(35(34)43)27-14-8-3-9-15-27)26-16-18-28(19-17-26)46-22-32(42)37-21-31(41)38-29(36(44)45)20-24-10-4-1-5-11-24/h1-19,29-30,33-34,40H,20-23H2,(H,37,42)(H,38,41)(H,44,45)/t29-,30?,33-,34-/m1/s1. The molecule has 47 heavy (non-hydrogen) atoms. The van der Waals surface area contributed by atoms with Gasteiger partial charge < -0.3 is 30.5 Å². The van der Waals surface area contributed by atoms with Gasteiger partial charge >= 0.3 is 5.97 Å². The minimum Gasteiger partial charge on any atom is -0.484 e. The van der Waals surface area contributed by atoms with Crippen LogP contribution in [0.1, 0.15) is 28.8 Å². The molecule has 4 aromatic carbocycles. The van der Waals surface area contributed by atoms with Crippen molar-refractivity contribution in [2.24, 2.45) is 0 Å². The summed E-state index contributed by atoms with van der Waals surface area (Å²) >= 11 is 1.42. The fraction of sp³-hybridized carbons (Fsp3) is 0.222. The largest absolute Gasteiger partial charge is 0.484 e. The number of carboxylic acid groups (broad SMARTS) is 1. The maximum atomic E-state index is 13.3. The van der Waals surface area contributed by atoms with Crippen molar-refractivity contribution in [3.05, 3.63) is 132 Å². The zero-order valence-electron chi connectivity index (χ0n) is 25.4. The number of aliphatic hydroxyl groups excluding tert-OH is 1. The number of β-lactam (4-membered cyclic amide) rings is 1. The van der Waals surface area contributed by atoms with Crippen LogP contribution in [0.3, 0.4) is 0 Å². The first-order valence-electron chi connectivity index (χ1n) is 15.1. The summed E-state index contributed by atoms with van der Waals surface area (Å²) in [6.45, 7) is -0.754. The molecule has 1 aliphatic heterocycles. The Hall–Kier alpha value is -5.13. The average Bonchev–Trinajstić information content (AvgIpc) is 3.10. The molecule has 1 saturated heterocycles. The number of nitrogens with one attached hydrogen (secondary N) is 2. The van der Waals surface area contributed by atoms with Crippen molar-refractivity contribution in [3.63, 3.8) is 0 Å². The van der Waals surface area contributed by atoms with Crippen LogP contribution in [0.5, 0.6) is 5.75 Å². The number of thioether (sulfide) groups is 1. The van der Waals surface area contributed by atoms with Gasteiger partial charge in [-0.15, -0.1) is 11.8 Å². The smallest absolute Gasteiger partial charge is 0.326 e. The van der Waals surface area contributed by atoms with E-state index in [0.717, 1.165) is 22.4 Å². The predicted octanol–water partition coefficient (Wildman–Crippen LogP) is 3.92. The summed E-state index contributed by atoms with van der Waals surface area (Å²) in [6.07, 6.45) is -0.594. The fourth-order valence-electron chi connectivity index (χ4n) is 5.23. The third kappa shape index (κ3) is 8.78. The molecule has 4 aromatic rings. The van der Waals surface area contributed by atoms with E-state index in [1.165, 1.54) is 11.8 Å². The number of hydrogen-bond acceptors (Lipinski definition) is 7. The van der Waals surface area contributed by atoms with Crippen molar-refractivity contribution in [2.45, 2.75) is 29.9 Å². The van der Waals surface area contributed by atoms with Gasteiger partial charge in [-0.25, -0.2) is 4.79 Å². The normalized spacial score (nSPS) is 16.8. The first kappa shape index (κ1) is 33.2. The highest BCUT2D eigenvalue weighted by Crippen LogP contribution is 2.46. The number of ether oxygens (including phenoxy) is 1. The monoisotopic (exact) mass is 653 g/mol. The molecule has 1 aliphatic rings. The first-order valence-corrected chi connectivity index (χ1v) is 16.1. The van der Waals surface area contributed by atoms with E-state index in [0.29, 0.717) is 11.5 Å². The van der Waals surface area contributed by atoms with Crippen LogP contribution >= 0.6 is 11.8 Å². The molecule has 5 rings (SSSR count). The number of aliphatic carboxylic acids is 1. The Morgan fingerprint density at radius 3 is 2.09 bits per heavy atom. The number of para-hydroxylation sites is 1. The summed E-state index contributed by atoms with van der Waals surface area (Å²) in [4.78, 5) is 51.4. The molecule has 0 radical (unpaired) electrons. The lowest BCUT2D eigenvalue weighted by molar-refractivity contribution is -0.141. The van der Waals surface area contributed by atoms with Gasteiger partial charge in [0.25, 0.3) is 5.91 Å². The molecule has 1 heterocycles. The topological polar surface area (TPSA) is 145 Å².